The summed E-state index contributed by atoms with van der Waals surface area (Å²) in [5.74, 6) is 0.262. The number of hydrogen-bond donors (Lipinski definition) is 3. The molecule has 4 nitrogen and oxygen atoms in total. The van der Waals surface area contributed by atoms with E-state index in [0.29, 0.717) is 12.5 Å². The number of amidine groups is 1. The summed E-state index contributed by atoms with van der Waals surface area (Å²) in [4.78, 5) is 2.36. The molecule has 0 aromatic carbocycles. The Labute approximate surface area is 85.6 Å². The molecular weight excluding hydrogens is 178 g/mol. The van der Waals surface area contributed by atoms with Gasteiger partial charge in [-0.15, -0.1) is 0 Å². The van der Waals surface area contributed by atoms with Crippen LogP contribution in [0.15, 0.2) is 0 Å². The van der Waals surface area contributed by atoms with E-state index in [9.17, 15) is 0 Å². The Hall–Kier alpha value is -0.610. The van der Waals surface area contributed by atoms with E-state index >= 15 is 0 Å². The van der Waals surface area contributed by atoms with Crippen LogP contribution in [0.1, 0.15) is 32.1 Å². The normalized spacial score (nSPS) is 17.0. The average Bonchev–Trinajstić information content (AvgIpc) is 2.06. The molecule has 0 bridgehead atoms. The second kappa shape index (κ2) is 5.98. The van der Waals surface area contributed by atoms with Gasteiger partial charge in [0.2, 0.25) is 0 Å². The standard InChI is InChI=1S/C10H21N3O/c11-10(12)5-7-13(6-2-8-14)9-3-1-4-9/h9,14H,1-8H2,(H3,11,12). The van der Waals surface area contributed by atoms with Crippen molar-refractivity contribution >= 4 is 5.84 Å². The highest BCUT2D eigenvalue weighted by Crippen LogP contribution is 2.24. The molecule has 1 aliphatic rings. The maximum atomic E-state index is 8.77. The summed E-state index contributed by atoms with van der Waals surface area (Å²) in [6.07, 6.45) is 5.34. The molecule has 0 saturated heterocycles. The molecule has 0 aromatic heterocycles. The Bertz CT molecular complexity index is 180. The largest absolute Gasteiger partial charge is 0.396 e. The number of aliphatic hydroxyl groups is 1. The summed E-state index contributed by atoms with van der Waals surface area (Å²) in [6, 6.07) is 0.681. The number of nitrogens with two attached hydrogens (primary N) is 1. The summed E-state index contributed by atoms with van der Waals surface area (Å²) in [5.41, 5.74) is 5.34. The molecule has 0 atom stereocenters. The third-order valence-electron chi connectivity index (χ3n) is 2.86. The zero-order chi connectivity index (χ0) is 10.4. The summed E-state index contributed by atoms with van der Waals surface area (Å²) in [5, 5.41) is 16.0. The molecule has 4 heteroatoms. The molecule has 0 aromatic rings. The van der Waals surface area contributed by atoms with Crippen molar-refractivity contribution in [1.82, 2.24) is 4.90 Å². The zero-order valence-corrected chi connectivity index (χ0v) is 8.71. The third kappa shape index (κ3) is 3.64. The fourth-order valence-corrected chi connectivity index (χ4v) is 1.77. The van der Waals surface area contributed by atoms with Crippen LogP contribution in [0.25, 0.3) is 0 Å². The Morgan fingerprint density at radius 3 is 2.57 bits per heavy atom. The van der Waals surface area contributed by atoms with Crippen LogP contribution in [-0.4, -0.2) is 41.6 Å². The molecular formula is C10H21N3O. The van der Waals surface area contributed by atoms with Gasteiger partial charge in [-0.05, 0) is 19.3 Å². The number of aliphatic hydroxyl groups excluding tert-OH is 1. The van der Waals surface area contributed by atoms with Crippen LogP contribution in [0, 0.1) is 5.41 Å². The molecule has 1 rings (SSSR count). The van der Waals surface area contributed by atoms with E-state index in [1.54, 1.807) is 0 Å². The van der Waals surface area contributed by atoms with Crippen molar-refractivity contribution in [2.45, 2.75) is 38.1 Å². The first kappa shape index (κ1) is 11.5. The Morgan fingerprint density at radius 2 is 2.14 bits per heavy atom. The van der Waals surface area contributed by atoms with Crippen molar-refractivity contribution in [3.63, 3.8) is 0 Å². The lowest BCUT2D eigenvalue weighted by atomic mass is 9.91. The van der Waals surface area contributed by atoms with Gasteiger partial charge in [-0.25, -0.2) is 0 Å². The van der Waals surface area contributed by atoms with E-state index < -0.39 is 0 Å². The van der Waals surface area contributed by atoms with Crippen molar-refractivity contribution in [2.24, 2.45) is 5.73 Å². The van der Waals surface area contributed by atoms with Crippen LogP contribution in [-0.2, 0) is 0 Å². The number of hydrogen-bond acceptors (Lipinski definition) is 3. The molecule has 0 spiro atoms. The summed E-state index contributed by atoms with van der Waals surface area (Å²) in [7, 11) is 0. The van der Waals surface area contributed by atoms with E-state index in [-0.39, 0.29) is 12.4 Å². The third-order valence-corrected chi connectivity index (χ3v) is 2.86. The molecule has 0 amide bonds. The molecule has 4 N–H and O–H groups in total. The highest BCUT2D eigenvalue weighted by Gasteiger charge is 2.23. The first-order valence-electron chi connectivity index (χ1n) is 5.42. The molecule has 0 unspecified atom stereocenters. The van der Waals surface area contributed by atoms with Crippen molar-refractivity contribution in [3.8, 4) is 0 Å². The van der Waals surface area contributed by atoms with Crippen molar-refractivity contribution < 1.29 is 5.11 Å². The minimum Gasteiger partial charge on any atom is -0.396 e. The predicted octanol–water partition coefficient (Wildman–Crippen LogP) is 0.549. The van der Waals surface area contributed by atoms with Gasteiger partial charge in [-0.3, -0.25) is 10.3 Å². The molecule has 1 aliphatic carbocycles. The van der Waals surface area contributed by atoms with Gasteiger partial charge in [-0.2, -0.15) is 0 Å². The quantitative estimate of drug-likeness (QED) is 0.414. The maximum absolute atomic E-state index is 8.77. The SMILES string of the molecule is N=C(N)CCN(CCCO)C1CCC1. The fourth-order valence-electron chi connectivity index (χ4n) is 1.77. The monoisotopic (exact) mass is 199 g/mol. The highest BCUT2D eigenvalue weighted by atomic mass is 16.3. The van der Waals surface area contributed by atoms with Crippen molar-refractivity contribution in [3.05, 3.63) is 0 Å². The molecule has 1 saturated carbocycles. The summed E-state index contributed by atoms with van der Waals surface area (Å²) < 4.78 is 0. The molecule has 14 heavy (non-hydrogen) atoms. The maximum Gasteiger partial charge on any atom is 0.0918 e. The minimum absolute atomic E-state index is 0.253. The van der Waals surface area contributed by atoms with Crippen LogP contribution in [0.2, 0.25) is 0 Å². The molecule has 1 fully saturated rings. The smallest absolute Gasteiger partial charge is 0.0918 e. The van der Waals surface area contributed by atoms with Gasteiger partial charge in [0.1, 0.15) is 0 Å². The highest BCUT2D eigenvalue weighted by molar-refractivity contribution is 5.76. The Kier molecular flexibility index (Phi) is 4.90. The van der Waals surface area contributed by atoms with E-state index in [4.69, 9.17) is 16.2 Å². The van der Waals surface area contributed by atoms with E-state index in [2.05, 4.69) is 4.90 Å². The number of rotatable bonds is 7. The van der Waals surface area contributed by atoms with Crippen LogP contribution in [0.3, 0.4) is 0 Å². The number of nitrogens with one attached hydrogen (secondary N) is 1. The van der Waals surface area contributed by atoms with Gasteiger partial charge in [0.05, 0.1) is 5.84 Å². The van der Waals surface area contributed by atoms with Crippen LogP contribution in [0.5, 0.6) is 0 Å². The van der Waals surface area contributed by atoms with Gasteiger partial charge >= 0.3 is 0 Å². The molecule has 0 radical (unpaired) electrons. The lowest BCUT2D eigenvalue weighted by Crippen LogP contribution is -2.42. The van der Waals surface area contributed by atoms with Crippen LogP contribution < -0.4 is 5.73 Å². The van der Waals surface area contributed by atoms with E-state index in [1.807, 2.05) is 0 Å². The van der Waals surface area contributed by atoms with Crippen LogP contribution >= 0.6 is 0 Å². The number of nitrogens with zero attached hydrogens (tertiary/aromatic N) is 1. The predicted molar refractivity (Wildman–Crippen MR) is 57.4 cm³/mol. The molecule has 82 valence electrons. The first-order valence-corrected chi connectivity index (χ1v) is 5.42. The van der Waals surface area contributed by atoms with Gasteiger partial charge in [0, 0.05) is 32.2 Å². The molecule has 0 aliphatic heterocycles. The Balaban J connectivity index is 2.24. The molecule has 0 heterocycles. The lowest BCUT2D eigenvalue weighted by Gasteiger charge is -2.37. The second-order valence-electron chi connectivity index (χ2n) is 3.97. The zero-order valence-electron chi connectivity index (χ0n) is 8.71. The lowest BCUT2D eigenvalue weighted by molar-refractivity contribution is 0.120. The summed E-state index contributed by atoms with van der Waals surface area (Å²) in [6.45, 7) is 2.07. The van der Waals surface area contributed by atoms with Gasteiger partial charge in [0.15, 0.2) is 0 Å². The van der Waals surface area contributed by atoms with Crippen molar-refractivity contribution in [2.75, 3.05) is 19.7 Å². The van der Waals surface area contributed by atoms with Gasteiger partial charge < -0.3 is 10.8 Å². The second-order valence-corrected chi connectivity index (χ2v) is 3.97. The Morgan fingerprint density at radius 1 is 1.43 bits per heavy atom. The van der Waals surface area contributed by atoms with Crippen LogP contribution in [0.4, 0.5) is 0 Å². The van der Waals surface area contributed by atoms with Crippen molar-refractivity contribution in [1.29, 1.82) is 5.41 Å². The van der Waals surface area contributed by atoms with E-state index in [1.165, 1.54) is 19.3 Å². The van der Waals surface area contributed by atoms with Gasteiger partial charge in [-0.1, -0.05) is 6.42 Å². The summed E-state index contributed by atoms with van der Waals surface area (Å²) >= 11 is 0. The fraction of sp³-hybridized carbons (Fsp3) is 0.900. The minimum atomic E-state index is 0.253. The average molecular weight is 199 g/mol. The van der Waals surface area contributed by atoms with E-state index in [0.717, 1.165) is 19.5 Å². The topological polar surface area (TPSA) is 73.3 Å². The van der Waals surface area contributed by atoms with Gasteiger partial charge in [0.25, 0.3) is 0 Å². The first-order chi connectivity index (χ1) is 6.74.